The molecule has 14 heavy (non-hydrogen) atoms. The first-order chi connectivity index (χ1) is 6.75. The summed E-state index contributed by atoms with van der Waals surface area (Å²) < 4.78 is 4.83. The number of rotatable bonds is 1. The second kappa shape index (κ2) is 3.54. The van der Waals surface area contributed by atoms with Gasteiger partial charge in [-0.25, -0.2) is 4.79 Å². The summed E-state index contributed by atoms with van der Waals surface area (Å²) in [6.45, 7) is 0.500. The van der Waals surface area contributed by atoms with Crippen molar-refractivity contribution in [3.05, 3.63) is 35.4 Å². The third-order valence-corrected chi connectivity index (χ3v) is 2.14. The zero-order valence-corrected chi connectivity index (χ0v) is 7.69. The standard InChI is InChI=1S/C11H11NO2/c12-10-3-1-8(2-4-10)7-9-5-6-14-11(9)13/h1-4,7H,5-6,12H2. The summed E-state index contributed by atoms with van der Waals surface area (Å²) in [7, 11) is 0. The van der Waals surface area contributed by atoms with Crippen LogP contribution in [0.4, 0.5) is 5.69 Å². The Hall–Kier alpha value is -1.77. The molecule has 1 saturated heterocycles. The molecule has 1 aliphatic rings. The van der Waals surface area contributed by atoms with Crippen molar-refractivity contribution in [2.75, 3.05) is 12.3 Å². The van der Waals surface area contributed by atoms with Crippen molar-refractivity contribution in [1.29, 1.82) is 0 Å². The van der Waals surface area contributed by atoms with Crippen LogP contribution < -0.4 is 5.73 Å². The third-order valence-electron chi connectivity index (χ3n) is 2.14. The molecule has 72 valence electrons. The molecule has 0 saturated carbocycles. The molecule has 0 atom stereocenters. The van der Waals surface area contributed by atoms with E-state index in [0.717, 1.165) is 16.8 Å². The molecular formula is C11H11NO2. The van der Waals surface area contributed by atoms with Gasteiger partial charge in [0.15, 0.2) is 0 Å². The van der Waals surface area contributed by atoms with Gasteiger partial charge in [-0.1, -0.05) is 12.1 Å². The molecule has 1 aliphatic heterocycles. The Bertz CT molecular complexity index is 379. The van der Waals surface area contributed by atoms with E-state index in [4.69, 9.17) is 10.5 Å². The number of esters is 1. The monoisotopic (exact) mass is 189 g/mol. The van der Waals surface area contributed by atoms with E-state index in [9.17, 15) is 4.79 Å². The van der Waals surface area contributed by atoms with Crippen LogP contribution in [0.3, 0.4) is 0 Å². The molecule has 0 aliphatic carbocycles. The molecule has 0 spiro atoms. The van der Waals surface area contributed by atoms with Gasteiger partial charge in [-0.2, -0.15) is 0 Å². The second-order valence-electron chi connectivity index (χ2n) is 3.22. The van der Waals surface area contributed by atoms with Crippen LogP contribution in [-0.2, 0) is 9.53 Å². The van der Waals surface area contributed by atoms with Gasteiger partial charge in [-0.05, 0) is 23.8 Å². The zero-order chi connectivity index (χ0) is 9.97. The van der Waals surface area contributed by atoms with Gasteiger partial charge < -0.3 is 10.5 Å². The fraction of sp³-hybridized carbons (Fsp3) is 0.182. The summed E-state index contributed by atoms with van der Waals surface area (Å²) in [5.41, 5.74) is 7.98. The Balaban J connectivity index is 2.24. The van der Waals surface area contributed by atoms with E-state index in [2.05, 4.69) is 0 Å². The lowest BCUT2D eigenvalue weighted by atomic mass is 10.1. The number of anilines is 1. The smallest absolute Gasteiger partial charge is 0.334 e. The summed E-state index contributed by atoms with van der Waals surface area (Å²) in [6, 6.07) is 7.39. The minimum absolute atomic E-state index is 0.207. The number of hydrogen-bond donors (Lipinski definition) is 1. The Labute approximate surface area is 82.2 Å². The van der Waals surface area contributed by atoms with Gasteiger partial charge in [-0.3, -0.25) is 0 Å². The lowest BCUT2D eigenvalue weighted by molar-refractivity contribution is -0.134. The van der Waals surface area contributed by atoms with Crippen LogP contribution in [0.15, 0.2) is 29.8 Å². The Morgan fingerprint density at radius 3 is 2.57 bits per heavy atom. The molecule has 0 unspecified atom stereocenters. The molecule has 0 aromatic heterocycles. The molecule has 2 rings (SSSR count). The molecule has 1 fully saturated rings. The van der Waals surface area contributed by atoms with E-state index in [1.807, 2.05) is 30.3 Å². The summed E-state index contributed by atoms with van der Waals surface area (Å²) in [5, 5.41) is 0. The molecule has 1 aromatic carbocycles. The average molecular weight is 189 g/mol. The van der Waals surface area contributed by atoms with Gasteiger partial charge in [0.2, 0.25) is 0 Å². The minimum Gasteiger partial charge on any atom is -0.462 e. The normalized spacial score (nSPS) is 18.6. The van der Waals surface area contributed by atoms with Crippen LogP contribution in [0, 0.1) is 0 Å². The molecule has 3 heteroatoms. The van der Waals surface area contributed by atoms with E-state index in [1.165, 1.54) is 0 Å². The highest BCUT2D eigenvalue weighted by Crippen LogP contribution is 2.17. The van der Waals surface area contributed by atoms with E-state index in [1.54, 1.807) is 0 Å². The highest BCUT2D eigenvalue weighted by atomic mass is 16.5. The quantitative estimate of drug-likeness (QED) is 0.414. The van der Waals surface area contributed by atoms with Crippen LogP contribution in [-0.4, -0.2) is 12.6 Å². The molecule has 1 heterocycles. The molecule has 0 bridgehead atoms. The predicted octanol–water partition coefficient (Wildman–Crippen LogP) is 1.60. The van der Waals surface area contributed by atoms with Crippen molar-refractivity contribution < 1.29 is 9.53 Å². The first-order valence-electron chi connectivity index (χ1n) is 4.49. The number of carbonyl (C=O) groups is 1. The number of cyclic esters (lactones) is 1. The predicted molar refractivity (Wildman–Crippen MR) is 54.4 cm³/mol. The maximum Gasteiger partial charge on any atom is 0.334 e. The number of benzene rings is 1. The fourth-order valence-corrected chi connectivity index (χ4v) is 1.37. The van der Waals surface area contributed by atoms with Gasteiger partial charge in [0.25, 0.3) is 0 Å². The highest BCUT2D eigenvalue weighted by Gasteiger charge is 2.17. The lowest BCUT2D eigenvalue weighted by Crippen LogP contribution is -1.94. The van der Waals surface area contributed by atoms with Crippen molar-refractivity contribution in [2.45, 2.75) is 6.42 Å². The van der Waals surface area contributed by atoms with Gasteiger partial charge in [0.05, 0.1) is 6.61 Å². The van der Waals surface area contributed by atoms with Crippen LogP contribution >= 0.6 is 0 Å². The van der Waals surface area contributed by atoms with Crippen molar-refractivity contribution in [3.8, 4) is 0 Å². The summed E-state index contributed by atoms with van der Waals surface area (Å²) in [6.07, 6.45) is 2.54. The number of nitrogen functional groups attached to an aromatic ring is 1. The Morgan fingerprint density at radius 1 is 1.29 bits per heavy atom. The van der Waals surface area contributed by atoms with Crippen LogP contribution in [0.5, 0.6) is 0 Å². The molecular weight excluding hydrogens is 178 g/mol. The Kier molecular flexibility index (Phi) is 2.23. The highest BCUT2D eigenvalue weighted by molar-refractivity contribution is 5.95. The number of ether oxygens (including phenoxy) is 1. The summed E-state index contributed by atoms with van der Waals surface area (Å²) >= 11 is 0. The maximum atomic E-state index is 11.1. The van der Waals surface area contributed by atoms with E-state index in [0.29, 0.717) is 13.0 Å². The zero-order valence-electron chi connectivity index (χ0n) is 7.69. The van der Waals surface area contributed by atoms with E-state index < -0.39 is 0 Å². The van der Waals surface area contributed by atoms with Crippen LogP contribution in [0.2, 0.25) is 0 Å². The first kappa shape index (κ1) is 8.81. The number of nitrogens with two attached hydrogens (primary N) is 1. The molecule has 3 nitrogen and oxygen atoms in total. The van der Waals surface area contributed by atoms with Gasteiger partial charge in [-0.15, -0.1) is 0 Å². The molecule has 1 aromatic rings. The molecule has 0 amide bonds. The summed E-state index contributed by atoms with van der Waals surface area (Å²) in [5.74, 6) is -0.207. The van der Waals surface area contributed by atoms with Crippen LogP contribution in [0.25, 0.3) is 6.08 Å². The van der Waals surface area contributed by atoms with E-state index in [-0.39, 0.29) is 5.97 Å². The van der Waals surface area contributed by atoms with Gasteiger partial charge in [0.1, 0.15) is 0 Å². The second-order valence-corrected chi connectivity index (χ2v) is 3.22. The van der Waals surface area contributed by atoms with Crippen molar-refractivity contribution in [2.24, 2.45) is 0 Å². The van der Waals surface area contributed by atoms with Crippen LogP contribution in [0.1, 0.15) is 12.0 Å². The minimum atomic E-state index is -0.207. The Morgan fingerprint density at radius 2 is 2.00 bits per heavy atom. The number of carbonyl (C=O) groups excluding carboxylic acids is 1. The van der Waals surface area contributed by atoms with Crippen molar-refractivity contribution in [1.82, 2.24) is 0 Å². The lowest BCUT2D eigenvalue weighted by Gasteiger charge is -1.96. The van der Waals surface area contributed by atoms with Crippen molar-refractivity contribution in [3.63, 3.8) is 0 Å². The summed E-state index contributed by atoms with van der Waals surface area (Å²) in [4.78, 5) is 11.1. The van der Waals surface area contributed by atoms with Crippen molar-refractivity contribution >= 4 is 17.7 Å². The van der Waals surface area contributed by atoms with Gasteiger partial charge >= 0.3 is 5.97 Å². The third kappa shape index (κ3) is 1.76. The largest absolute Gasteiger partial charge is 0.462 e. The SMILES string of the molecule is Nc1ccc(C=C2CCOC2=O)cc1. The maximum absolute atomic E-state index is 11.1. The first-order valence-corrected chi connectivity index (χ1v) is 4.49. The topological polar surface area (TPSA) is 52.3 Å². The molecule has 0 radical (unpaired) electrons. The number of hydrogen-bond acceptors (Lipinski definition) is 3. The van der Waals surface area contributed by atoms with E-state index >= 15 is 0 Å². The fourth-order valence-electron chi connectivity index (χ4n) is 1.37. The van der Waals surface area contributed by atoms with Gasteiger partial charge in [0, 0.05) is 17.7 Å². The molecule has 2 N–H and O–H groups in total. The average Bonchev–Trinajstić information content (AvgIpc) is 2.56.